The van der Waals surface area contributed by atoms with Crippen LogP contribution in [0.5, 0.6) is 0 Å². The van der Waals surface area contributed by atoms with Crippen LogP contribution in [0.25, 0.3) is 22.3 Å². The van der Waals surface area contributed by atoms with Crippen LogP contribution in [0.15, 0.2) is 74.5 Å². The molecule has 0 saturated carbocycles. The van der Waals surface area contributed by atoms with Crippen LogP contribution in [0.3, 0.4) is 0 Å². The number of rotatable bonds is 4. The van der Waals surface area contributed by atoms with E-state index in [2.05, 4.69) is 50.1 Å². The van der Waals surface area contributed by atoms with Crippen LogP contribution in [0.4, 0.5) is 0 Å². The minimum Gasteiger partial charge on any atom is -0.465 e. The van der Waals surface area contributed by atoms with Crippen LogP contribution in [-0.4, -0.2) is 19.3 Å². The molecule has 3 aromatic rings. The first-order valence-electron chi connectivity index (χ1n) is 7.85. The molecular weight excluding hydrogens is 476 g/mol. The zero-order valence-electron chi connectivity index (χ0n) is 14.3. The molecular formula is C21H16Br2O2S. The normalized spacial score (nSPS) is 10.6. The van der Waals surface area contributed by atoms with Gasteiger partial charge in [-0.2, -0.15) is 0 Å². The van der Waals surface area contributed by atoms with Gasteiger partial charge in [0.25, 0.3) is 0 Å². The van der Waals surface area contributed by atoms with Crippen molar-refractivity contribution < 1.29 is 9.53 Å². The molecule has 0 aliphatic carbocycles. The number of methoxy groups -OCH3 is 1. The van der Waals surface area contributed by atoms with E-state index in [9.17, 15) is 4.79 Å². The van der Waals surface area contributed by atoms with Gasteiger partial charge in [-0.15, -0.1) is 11.8 Å². The summed E-state index contributed by atoms with van der Waals surface area (Å²) in [7, 11) is 1.42. The maximum Gasteiger partial charge on any atom is 0.339 e. The fourth-order valence-corrected chi connectivity index (χ4v) is 3.93. The Bertz CT molecular complexity index is 935. The van der Waals surface area contributed by atoms with Gasteiger partial charge in [-0.3, -0.25) is 0 Å². The second-order valence-corrected chi connectivity index (χ2v) is 8.29. The second-order valence-electron chi connectivity index (χ2n) is 5.61. The molecule has 3 aromatic carbocycles. The van der Waals surface area contributed by atoms with Crippen molar-refractivity contribution in [2.24, 2.45) is 0 Å². The van der Waals surface area contributed by atoms with Crippen molar-refractivity contribution in [3.05, 3.63) is 75.2 Å². The van der Waals surface area contributed by atoms with Gasteiger partial charge >= 0.3 is 5.97 Å². The summed E-state index contributed by atoms with van der Waals surface area (Å²) in [6.07, 6.45) is 1.97. The molecule has 0 radical (unpaired) electrons. The van der Waals surface area contributed by atoms with Gasteiger partial charge in [0.05, 0.1) is 12.7 Å². The Morgan fingerprint density at radius 3 is 1.88 bits per heavy atom. The standard InChI is InChI=1S/C21H16Br2O2S/c1-25-21(24)20-18(14-5-9-17(23)10-6-14)11-15(12-19(20)26-2)13-3-7-16(22)8-4-13/h3-12H,1-2H3. The third-order valence-electron chi connectivity index (χ3n) is 4.04. The zero-order chi connectivity index (χ0) is 18.7. The molecule has 2 nitrogen and oxygen atoms in total. The molecule has 0 spiro atoms. The number of benzene rings is 3. The fourth-order valence-electron chi connectivity index (χ4n) is 2.76. The smallest absolute Gasteiger partial charge is 0.339 e. The summed E-state index contributed by atoms with van der Waals surface area (Å²) >= 11 is 8.48. The van der Waals surface area contributed by atoms with E-state index in [-0.39, 0.29) is 5.97 Å². The predicted molar refractivity (Wildman–Crippen MR) is 116 cm³/mol. The Hall–Kier alpha value is -1.56. The van der Waals surface area contributed by atoms with Gasteiger partial charge in [0, 0.05) is 13.8 Å². The van der Waals surface area contributed by atoms with Gasteiger partial charge in [-0.05, 0) is 64.9 Å². The SMILES string of the molecule is COC(=O)c1c(SC)cc(-c2ccc(Br)cc2)cc1-c1ccc(Br)cc1. The predicted octanol–water partition coefficient (Wildman–Crippen LogP) is 7.05. The minimum atomic E-state index is -0.324. The topological polar surface area (TPSA) is 26.3 Å². The highest BCUT2D eigenvalue weighted by Gasteiger charge is 2.20. The first kappa shape index (κ1) is 19.2. The van der Waals surface area contributed by atoms with E-state index in [4.69, 9.17) is 4.74 Å². The Morgan fingerprint density at radius 1 is 0.846 bits per heavy atom. The number of halogens is 2. The molecule has 0 bridgehead atoms. The summed E-state index contributed by atoms with van der Waals surface area (Å²) in [4.78, 5) is 13.4. The number of ether oxygens (including phenoxy) is 1. The molecule has 3 rings (SSSR count). The van der Waals surface area contributed by atoms with Crippen LogP contribution in [-0.2, 0) is 4.74 Å². The highest BCUT2D eigenvalue weighted by Crippen LogP contribution is 2.37. The molecule has 132 valence electrons. The van der Waals surface area contributed by atoms with E-state index in [0.717, 1.165) is 36.1 Å². The van der Waals surface area contributed by atoms with E-state index in [1.54, 1.807) is 11.8 Å². The third kappa shape index (κ3) is 4.05. The van der Waals surface area contributed by atoms with Gasteiger partial charge < -0.3 is 4.74 Å². The van der Waals surface area contributed by atoms with Gasteiger partial charge in [-0.25, -0.2) is 4.79 Å². The summed E-state index contributed by atoms with van der Waals surface area (Å²) < 4.78 is 7.09. The van der Waals surface area contributed by atoms with Gasteiger partial charge in [-0.1, -0.05) is 56.1 Å². The van der Waals surface area contributed by atoms with E-state index in [1.165, 1.54) is 7.11 Å². The molecule has 0 amide bonds. The first-order chi connectivity index (χ1) is 12.5. The average molecular weight is 492 g/mol. The maximum atomic E-state index is 12.5. The van der Waals surface area contributed by atoms with Gasteiger partial charge in [0.1, 0.15) is 0 Å². The molecule has 26 heavy (non-hydrogen) atoms. The Balaban J connectivity index is 2.26. The van der Waals surface area contributed by atoms with Crippen molar-refractivity contribution in [2.45, 2.75) is 4.90 Å². The van der Waals surface area contributed by atoms with Gasteiger partial charge in [0.15, 0.2) is 0 Å². The number of carbonyl (C=O) groups is 1. The average Bonchev–Trinajstić information content (AvgIpc) is 2.67. The highest BCUT2D eigenvalue weighted by atomic mass is 79.9. The van der Waals surface area contributed by atoms with Crippen LogP contribution in [0, 0.1) is 0 Å². The first-order valence-corrected chi connectivity index (χ1v) is 10.7. The molecule has 0 heterocycles. The van der Waals surface area contributed by atoms with E-state index in [1.807, 2.05) is 48.7 Å². The lowest BCUT2D eigenvalue weighted by molar-refractivity contribution is 0.0598. The summed E-state index contributed by atoms with van der Waals surface area (Å²) in [5.74, 6) is -0.324. The van der Waals surface area contributed by atoms with Crippen LogP contribution < -0.4 is 0 Å². The Labute approximate surface area is 174 Å². The molecule has 0 aliphatic heterocycles. The summed E-state index contributed by atoms with van der Waals surface area (Å²) in [5, 5.41) is 0. The summed E-state index contributed by atoms with van der Waals surface area (Å²) in [6, 6.07) is 20.2. The zero-order valence-corrected chi connectivity index (χ0v) is 18.2. The van der Waals surface area contributed by atoms with E-state index < -0.39 is 0 Å². The lowest BCUT2D eigenvalue weighted by Gasteiger charge is -2.15. The number of carbonyl (C=O) groups excluding carboxylic acids is 1. The van der Waals surface area contributed by atoms with Crippen molar-refractivity contribution >= 4 is 49.6 Å². The monoisotopic (exact) mass is 490 g/mol. The number of esters is 1. The molecule has 0 saturated heterocycles. The van der Waals surface area contributed by atoms with Crippen molar-refractivity contribution in [3.8, 4) is 22.3 Å². The van der Waals surface area contributed by atoms with Crippen molar-refractivity contribution in [1.29, 1.82) is 0 Å². The maximum absolute atomic E-state index is 12.5. The molecule has 0 aliphatic rings. The van der Waals surface area contributed by atoms with Crippen LogP contribution in [0.2, 0.25) is 0 Å². The molecule has 0 N–H and O–H groups in total. The largest absolute Gasteiger partial charge is 0.465 e. The minimum absolute atomic E-state index is 0.324. The summed E-state index contributed by atoms with van der Waals surface area (Å²) in [6.45, 7) is 0. The highest BCUT2D eigenvalue weighted by molar-refractivity contribution is 9.10. The Morgan fingerprint density at radius 2 is 1.38 bits per heavy atom. The molecule has 0 aromatic heterocycles. The lowest BCUT2D eigenvalue weighted by atomic mass is 9.94. The van der Waals surface area contributed by atoms with Crippen molar-refractivity contribution in [3.63, 3.8) is 0 Å². The third-order valence-corrected chi connectivity index (χ3v) is 5.86. The quantitative estimate of drug-likeness (QED) is 0.288. The van der Waals surface area contributed by atoms with Crippen LogP contribution >= 0.6 is 43.6 Å². The van der Waals surface area contributed by atoms with E-state index in [0.29, 0.717) is 5.56 Å². The van der Waals surface area contributed by atoms with Crippen molar-refractivity contribution in [1.82, 2.24) is 0 Å². The molecule has 0 fully saturated rings. The molecule has 0 unspecified atom stereocenters. The fraction of sp³-hybridized carbons (Fsp3) is 0.0952. The number of hydrogen-bond acceptors (Lipinski definition) is 3. The summed E-state index contributed by atoms with van der Waals surface area (Å²) in [5.41, 5.74) is 4.60. The number of thioether (sulfide) groups is 1. The van der Waals surface area contributed by atoms with Crippen LogP contribution in [0.1, 0.15) is 10.4 Å². The van der Waals surface area contributed by atoms with Crippen molar-refractivity contribution in [2.75, 3.05) is 13.4 Å². The van der Waals surface area contributed by atoms with Gasteiger partial charge in [0.2, 0.25) is 0 Å². The lowest BCUT2D eigenvalue weighted by Crippen LogP contribution is -2.06. The van der Waals surface area contributed by atoms with E-state index >= 15 is 0 Å². The molecule has 5 heteroatoms. The molecule has 0 atom stereocenters. The Kier molecular flexibility index (Phi) is 6.22. The second kappa shape index (κ2) is 8.42. The number of hydrogen-bond donors (Lipinski definition) is 0.